The van der Waals surface area contributed by atoms with Crippen LogP contribution in [0.2, 0.25) is 0 Å². The van der Waals surface area contributed by atoms with Crippen LogP contribution in [-0.2, 0) is 63.3 Å². The Labute approximate surface area is 584 Å². The molecule has 20 N–H and O–H groups in total. The number of carbonyl (C=O) groups excluding carboxylic acids is 4. The highest BCUT2D eigenvalue weighted by atomic mass is 17.4. The lowest BCUT2D eigenvalue weighted by atomic mass is 9.97. The molecule has 0 heterocycles. The number of aldehydes is 1. The normalized spacial score (nSPS) is 16.5. The molecule has 1 atom stereocenters. The van der Waals surface area contributed by atoms with E-state index < -0.39 is 24.0 Å². The molecule has 98 heavy (non-hydrogen) atoms. The van der Waals surface area contributed by atoms with Gasteiger partial charge >= 0.3 is 17.9 Å². The number of ketones is 3. The molecule has 0 aliphatic heterocycles. The highest BCUT2D eigenvalue weighted by Crippen LogP contribution is 2.21. The number of hydrogen-bond donors (Lipinski definition) is 12. The smallest absolute Gasteiger partial charge is 0.303 e. The minimum absolute atomic E-state index is 0. The molecule has 8 saturated carbocycles. The van der Waals surface area contributed by atoms with E-state index in [2.05, 4.69) is 29.8 Å². The molecule has 8 aliphatic carbocycles. The number of carbonyl (C=O) groups is 7. The molecule has 0 saturated heterocycles. The minimum Gasteiger partial charge on any atom is -0.481 e. The molecular formula is C65H144O33. The van der Waals surface area contributed by atoms with Gasteiger partial charge in [0.25, 0.3) is 0 Å². The summed E-state index contributed by atoms with van der Waals surface area (Å²) in [5, 5.41) is 95.4. The molecule has 1 unspecified atom stereocenters. The molecule has 33 heteroatoms. The Kier molecular flexibility index (Phi) is 167. The Morgan fingerprint density at radius 2 is 0.510 bits per heavy atom. The average molecular weight is 1450 g/mol. The van der Waals surface area contributed by atoms with Crippen molar-refractivity contribution in [3.63, 3.8) is 0 Å². The van der Waals surface area contributed by atoms with Crippen molar-refractivity contribution in [3.05, 3.63) is 19.9 Å². The predicted molar refractivity (Wildman–Crippen MR) is 378 cm³/mol. The van der Waals surface area contributed by atoms with Gasteiger partial charge in [-0.25, -0.2) is 46.2 Å². The van der Waals surface area contributed by atoms with E-state index in [4.69, 9.17) is 82.5 Å². The predicted octanol–water partition coefficient (Wildman–Crippen LogP) is 16.1. The number of carboxylic acid groups (broad SMARTS) is 3. The van der Waals surface area contributed by atoms with Gasteiger partial charge in [0.05, 0.1) is 12.2 Å². The zero-order valence-electron chi connectivity index (χ0n) is 55.0. The molecule has 0 amide bonds. The number of carboxylic acids is 3. The number of rotatable bonds is 13. The molecule has 33 nitrogen and oxygen atoms in total. The first-order valence-corrected chi connectivity index (χ1v) is 31.9. The van der Waals surface area contributed by atoms with Crippen molar-refractivity contribution >= 4 is 41.5 Å². The maximum absolute atomic E-state index is 10.7. The van der Waals surface area contributed by atoms with Crippen LogP contribution in [0.4, 0.5) is 0 Å². The van der Waals surface area contributed by atoms with E-state index in [9.17, 15) is 33.6 Å². The number of hydrogen-bond acceptors (Lipinski definition) is 26. The van der Waals surface area contributed by atoms with Crippen molar-refractivity contribution in [3.8, 4) is 0 Å². The van der Waals surface area contributed by atoms with Crippen molar-refractivity contribution in [2.75, 3.05) is 0 Å². The van der Waals surface area contributed by atoms with E-state index >= 15 is 0 Å². The van der Waals surface area contributed by atoms with Gasteiger partial charge in [0.2, 0.25) is 0 Å². The van der Waals surface area contributed by atoms with Crippen molar-refractivity contribution in [2.24, 2.45) is 0 Å². The van der Waals surface area contributed by atoms with Gasteiger partial charge in [-0.05, 0) is 96.3 Å². The molecule has 8 fully saturated rings. The lowest BCUT2D eigenvalue weighted by Crippen LogP contribution is -2.26. The first-order chi connectivity index (χ1) is 43.1. The molecule has 0 aromatic carbocycles. The fraction of sp³-hybridized carbons (Fsp3) is 0.892. The Morgan fingerprint density at radius 3 is 0.663 bits per heavy atom. The summed E-state index contributed by atoms with van der Waals surface area (Å²) in [5.74, 6) is -1.57. The van der Waals surface area contributed by atoms with Gasteiger partial charge < -0.3 is 42.0 Å². The fourth-order valence-corrected chi connectivity index (χ4v) is 9.53. The van der Waals surface area contributed by atoms with Crippen LogP contribution < -0.4 is 0 Å². The summed E-state index contributed by atoms with van der Waals surface area (Å²) in [6.45, 7) is 0. The first kappa shape index (κ1) is 133. The third-order valence-electron chi connectivity index (χ3n) is 14.3. The van der Waals surface area contributed by atoms with Crippen LogP contribution in [0, 0.1) is 19.9 Å². The molecule has 0 aromatic heterocycles. The third kappa shape index (κ3) is 131. The van der Waals surface area contributed by atoms with Crippen LogP contribution in [0.1, 0.15) is 358 Å². The molecule has 0 spiro atoms. The van der Waals surface area contributed by atoms with Crippen molar-refractivity contribution < 1.29 is 148 Å². The van der Waals surface area contributed by atoms with Gasteiger partial charge in [-0.1, -0.05) is 219 Å². The number of Topliss-reactive ketones (excluding diaryl/α,β-unsaturated/α-hetero) is 3. The molecule has 0 aromatic rings. The van der Waals surface area contributed by atoms with Gasteiger partial charge in [0, 0.05) is 77.6 Å². The second-order valence-electron chi connectivity index (χ2n) is 21.6. The molecule has 0 bridgehead atoms. The quantitative estimate of drug-likeness (QED) is 0.0353. The summed E-state index contributed by atoms with van der Waals surface area (Å²) in [5.41, 5.74) is 0. The maximum Gasteiger partial charge on any atom is 0.303 e. The summed E-state index contributed by atoms with van der Waals surface area (Å²) in [7, 11) is 0. The lowest BCUT2D eigenvalue weighted by Gasteiger charge is -2.17. The van der Waals surface area contributed by atoms with Crippen LogP contribution in [0.15, 0.2) is 0 Å². The first-order valence-electron chi connectivity index (χ1n) is 31.9. The summed E-state index contributed by atoms with van der Waals surface area (Å²) in [6, 6.07) is 0. The highest BCUT2D eigenvalue weighted by molar-refractivity contribution is 5.83. The van der Waals surface area contributed by atoms with E-state index in [0.29, 0.717) is 56.5 Å². The maximum atomic E-state index is 10.7. The van der Waals surface area contributed by atoms with E-state index in [1.54, 1.807) is 0 Å². The van der Waals surface area contributed by atoms with Gasteiger partial charge in [-0.3, -0.25) is 44.5 Å². The topological polar surface area (TPSA) is 612 Å². The SMILES string of the molecule is C.C.C.C.C.C1CCCCC1.C1CCCCC1.C1CCCCC1.O.O.O.O.O=C(O)CCCCC(=O)O.O=C1CCCCC1.O=C1CCCCC1.O=C1CCCCC1OO.O=CCCCCC(=O)O.O=O.O=O.OOC1CCCCC1.OOC1CCCCC1.OOO.OOO.OOO. The fourth-order valence-electron chi connectivity index (χ4n) is 9.53. The Bertz CT molecular complexity index is 1320. The summed E-state index contributed by atoms with van der Waals surface area (Å²) >= 11 is 0. The standard InChI is InChI=1S/C6H10O4.2C6H10O3.2C6H12O2.2C6H10O.3C6H12.5CH4.3H2O3.2O2.4H2O/c7-5(8)3-1-2-4-6(9)10;7-5-3-1-2-4-6(5)9-8;7-5-3-1-2-4-6(8)9;2*7-8-6-4-2-1-3-5-6;2*7-6-4-2-1-3-5-6;3*1-2-4-6-5-3-1;;;;;;3*1-3-2;2*1-2;;;;/h1-4H2,(H,7,8)(H,9,10);6,8H,1-4H2;5H,1-4H2,(H,8,9);2*6-7H,1-5H2;2*1-5H2;3*1-6H2;5*1H4;3*1-2H;;;4*1H2. The molecule has 8 rings (SSSR count). The minimum atomic E-state index is -0.870. The van der Waals surface area contributed by atoms with E-state index in [0.717, 1.165) is 96.2 Å². The number of unbranched alkanes of at least 4 members (excludes halogenated alkanes) is 3. The zero-order valence-corrected chi connectivity index (χ0v) is 55.0. The van der Waals surface area contributed by atoms with Crippen LogP contribution in [0.25, 0.3) is 0 Å². The summed E-state index contributed by atoms with van der Waals surface area (Å²) < 4.78 is 0. The van der Waals surface area contributed by atoms with Gasteiger partial charge in [-0.15, -0.1) is 0 Å². The summed E-state index contributed by atoms with van der Waals surface area (Å²) in [6.07, 6.45) is 55.8. The second-order valence-corrected chi connectivity index (χ2v) is 21.6. The third-order valence-corrected chi connectivity index (χ3v) is 14.3. The molecular weight excluding hydrogens is 1310 g/mol. The van der Waals surface area contributed by atoms with Crippen LogP contribution in [0.3, 0.4) is 0 Å². The Morgan fingerprint density at radius 1 is 0.316 bits per heavy atom. The van der Waals surface area contributed by atoms with Crippen molar-refractivity contribution in [1.82, 2.24) is 0 Å². The Balaban J connectivity index is -0.0000000530. The molecule has 602 valence electrons. The van der Waals surface area contributed by atoms with Gasteiger partial charge in [-0.2, -0.15) is 0 Å². The number of aliphatic carboxylic acids is 3. The van der Waals surface area contributed by atoms with E-state index in [1.807, 2.05) is 0 Å². The van der Waals surface area contributed by atoms with E-state index in [-0.39, 0.29) is 96.3 Å². The summed E-state index contributed by atoms with van der Waals surface area (Å²) in [4.78, 5) is 111. The van der Waals surface area contributed by atoms with Crippen LogP contribution >= 0.6 is 0 Å². The van der Waals surface area contributed by atoms with Crippen LogP contribution in [0.5, 0.6) is 0 Å². The Hall–Kier alpha value is -4.47. The van der Waals surface area contributed by atoms with Crippen molar-refractivity contribution in [1.29, 1.82) is 0 Å². The van der Waals surface area contributed by atoms with Gasteiger partial charge in [0.15, 0.2) is 11.9 Å². The van der Waals surface area contributed by atoms with Gasteiger partial charge in [0.1, 0.15) is 17.9 Å². The molecule has 0 radical (unpaired) electrons. The monoisotopic (exact) mass is 1450 g/mol. The lowest BCUT2D eigenvalue weighted by molar-refractivity contribution is -0.465. The second kappa shape index (κ2) is 123. The zero-order chi connectivity index (χ0) is 68.5. The molecule has 8 aliphatic rings. The van der Waals surface area contributed by atoms with E-state index in [1.165, 1.54) is 167 Å². The largest absolute Gasteiger partial charge is 0.481 e. The van der Waals surface area contributed by atoms with Crippen LogP contribution in [-0.4, -0.2) is 144 Å². The van der Waals surface area contributed by atoms with Crippen molar-refractivity contribution in [2.45, 2.75) is 376 Å². The highest BCUT2D eigenvalue weighted by Gasteiger charge is 2.22. The average Bonchev–Trinajstić information content (AvgIpc) is 1.07.